The van der Waals surface area contributed by atoms with Gasteiger partial charge < -0.3 is 9.15 Å². The number of sulfonamides is 1. The molecule has 18 heavy (non-hydrogen) atoms. The molecule has 1 N–H and O–H groups in total. The first-order chi connectivity index (χ1) is 8.55. The molecule has 0 fully saturated rings. The molecule has 9 heteroatoms. The van der Waals surface area contributed by atoms with Gasteiger partial charge in [-0.15, -0.1) is 0 Å². The van der Waals surface area contributed by atoms with Crippen LogP contribution in [0.4, 0.5) is 6.01 Å². The summed E-state index contributed by atoms with van der Waals surface area (Å²) in [7, 11) is -2.31. The fourth-order valence-electron chi connectivity index (χ4n) is 1.15. The molecular formula is C9H11N3O4S2. The minimum absolute atomic E-state index is 0.0376. The molecule has 0 spiro atoms. The van der Waals surface area contributed by atoms with Crippen LogP contribution < -0.4 is 9.46 Å². The number of aryl methyl sites for hydroxylation is 1. The second kappa shape index (κ2) is 4.94. The van der Waals surface area contributed by atoms with Crippen molar-refractivity contribution in [3.63, 3.8) is 0 Å². The molecule has 0 amide bonds. The summed E-state index contributed by atoms with van der Waals surface area (Å²) < 4.78 is 40.0. The Morgan fingerprint density at radius 2 is 2.33 bits per heavy atom. The third-order valence-corrected chi connectivity index (χ3v) is 4.61. The first-order valence-corrected chi connectivity index (χ1v) is 7.29. The molecule has 2 aromatic rings. The monoisotopic (exact) mass is 289 g/mol. The van der Waals surface area contributed by atoms with Crippen LogP contribution in [0.15, 0.2) is 20.9 Å². The Hall–Kier alpha value is -1.61. The Balaban J connectivity index is 2.21. The van der Waals surface area contributed by atoms with Gasteiger partial charge in [-0.25, -0.2) is 18.1 Å². The lowest BCUT2D eigenvalue weighted by molar-refractivity contribution is 0.402. The number of hydrogen-bond acceptors (Lipinski definition) is 7. The van der Waals surface area contributed by atoms with Crippen molar-refractivity contribution in [1.29, 1.82) is 0 Å². The molecule has 0 unspecified atom stereocenters. The van der Waals surface area contributed by atoms with E-state index in [1.807, 2.05) is 6.92 Å². The molecule has 0 bridgehead atoms. The van der Waals surface area contributed by atoms with Crippen LogP contribution in [0.1, 0.15) is 12.7 Å². The number of anilines is 1. The molecule has 0 aliphatic carbocycles. The van der Waals surface area contributed by atoms with E-state index in [0.29, 0.717) is 12.2 Å². The van der Waals surface area contributed by atoms with Crippen molar-refractivity contribution in [1.82, 2.24) is 9.36 Å². The van der Waals surface area contributed by atoms with Gasteiger partial charge in [-0.2, -0.15) is 4.37 Å². The zero-order valence-corrected chi connectivity index (χ0v) is 11.3. The van der Waals surface area contributed by atoms with Crippen molar-refractivity contribution < 1.29 is 17.6 Å². The van der Waals surface area contributed by atoms with Crippen molar-refractivity contribution >= 4 is 27.6 Å². The Bertz CT molecular complexity index is 632. The highest BCUT2D eigenvalue weighted by Crippen LogP contribution is 2.23. The number of aromatic nitrogens is 2. The maximum Gasteiger partial charge on any atom is 0.309 e. The number of nitrogens with zero attached hydrogens (tertiary/aromatic N) is 2. The van der Waals surface area contributed by atoms with Crippen LogP contribution >= 0.6 is 11.5 Å². The molecule has 7 nitrogen and oxygen atoms in total. The van der Waals surface area contributed by atoms with Gasteiger partial charge in [0, 0.05) is 12.5 Å². The molecule has 2 rings (SSSR count). The Morgan fingerprint density at radius 1 is 1.56 bits per heavy atom. The number of oxazole rings is 1. The van der Waals surface area contributed by atoms with Crippen LogP contribution in [0.5, 0.6) is 5.88 Å². The fourth-order valence-corrected chi connectivity index (χ4v) is 2.92. The highest BCUT2D eigenvalue weighted by Gasteiger charge is 2.20. The largest absolute Gasteiger partial charge is 0.480 e. The first-order valence-electron chi connectivity index (χ1n) is 5.03. The molecule has 0 saturated heterocycles. The zero-order valence-electron chi connectivity index (χ0n) is 9.71. The van der Waals surface area contributed by atoms with E-state index in [2.05, 4.69) is 14.1 Å². The van der Waals surface area contributed by atoms with Crippen molar-refractivity contribution in [2.24, 2.45) is 0 Å². The maximum atomic E-state index is 11.9. The number of methoxy groups -OCH3 is 1. The van der Waals surface area contributed by atoms with Crippen molar-refractivity contribution in [2.45, 2.75) is 17.6 Å². The minimum Gasteiger partial charge on any atom is -0.480 e. The van der Waals surface area contributed by atoms with Gasteiger partial charge >= 0.3 is 6.01 Å². The standard InChI is InChI=1S/C9H11N3O4S2/c1-3-6-5-10-9(16-6)12-18(13,14)8-4-7(15-2)11-17-8/h4-5H,3H2,1-2H3,(H,10,12). The van der Waals surface area contributed by atoms with Gasteiger partial charge in [0.25, 0.3) is 10.0 Å². The molecule has 0 atom stereocenters. The lowest BCUT2D eigenvalue weighted by Crippen LogP contribution is -2.11. The summed E-state index contributed by atoms with van der Waals surface area (Å²) in [6.07, 6.45) is 2.12. The zero-order chi connectivity index (χ0) is 13.2. The summed E-state index contributed by atoms with van der Waals surface area (Å²) in [5.41, 5.74) is 0. The summed E-state index contributed by atoms with van der Waals surface area (Å²) in [4.78, 5) is 3.82. The predicted molar refractivity (Wildman–Crippen MR) is 65.4 cm³/mol. The highest BCUT2D eigenvalue weighted by atomic mass is 32.2. The average Bonchev–Trinajstić information content (AvgIpc) is 2.96. The molecule has 2 aromatic heterocycles. The van der Waals surface area contributed by atoms with Gasteiger partial charge in [0.1, 0.15) is 5.76 Å². The SMILES string of the molecule is CCc1cnc(NS(=O)(=O)c2cc(OC)ns2)o1. The summed E-state index contributed by atoms with van der Waals surface area (Å²) >= 11 is 0.818. The maximum absolute atomic E-state index is 11.9. The number of hydrogen-bond donors (Lipinski definition) is 1. The van der Waals surface area contributed by atoms with E-state index >= 15 is 0 Å². The number of nitrogens with one attached hydrogen (secondary N) is 1. The first kappa shape index (κ1) is 12.8. The molecule has 0 radical (unpaired) electrons. The number of rotatable bonds is 5. The quantitative estimate of drug-likeness (QED) is 0.896. The van der Waals surface area contributed by atoms with Crippen molar-refractivity contribution in [3.05, 3.63) is 18.0 Å². The highest BCUT2D eigenvalue weighted by molar-refractivity contribution is 7.94. The smallest absolute Gasteiger partial charge is 0.309 e. The molecule has 0 aromatic carbocycles. The average molecular weight is 289 g/mol. The molecule has 0 aliphatic rings. The van der Waals surface area contributed by atoms with Crippen LogP contribution in [0.25, 0.3) is 0 Å². The van der Waals surface area contributed by atoms with Gasteiger partial charge in [0.05, 0.1) is 13.3 Å². The van der Waals surface area contributed by atoms with Gasteiger partial charge in [-0.05, 0) is 11.5 Å². The van der Waals surface area contributed by atoms with Crippen LogP contribution in [0.3, 0.4) is 0 Å². The van der Waals surface area contributed by atoms with Crippen molar-refractivity contribution in [2.75, 3.05) is 11.8 Å². The van der Waals surface area contributed by atoms with E-state index < -0.39 is 10.0 Å². The fraction of sp³-hybridized carbons (Fsp3) is 0.333. The molecular weight excluding hydrogens is 278 g/mol. The lowest BCUT2D eigenvalue weighted by atomic mass is 10.4. The number of ether oxygens (including phenoxy) is 1. The summed E-state index contributed by atoms with van der Waals surface area (Å²) in [5, 5.41) is 0. The molecule has 98 valence electrons. The van der Waals surface area contributed by atoms with Gasteiger partial charge in [-0.1, -0.05) is 6.92 Å². The van der Waals surface area contributed by atoms with E-state index in [1.165, 1.54) is 19.4 Å². The third kappa shape index (κ3) is 2.62. The van der Waals surface area contributed by atoms with E-state index in [4.69, 9.17) is 9.15 Å². The molecule has 0 aliphatic heterocycles. The van der Waals surface area contributed by atoms with E-state index in [0.717, 1.165) is 11.5 Å². The summed E-state index contributed by atoms with van der Waals surface area (Å²) in [6, 6.07) is 1.27. The van der Waals surface area contributed by atoms with E-state index in [1.54, 1.807) is 0 Å². The molecule has 0 saturated carbocycles. The van der Waals surface area contributed by atoms with Crippen molar-refractivity contribution in [3.8, 4) is 5.88 Å². The Labute approximate surface area is 108 Å². The Kier molecular flexibility index (Phi) is 3.53. The Morgan fingerprint density at radius 3 is 2.89 bits per heavy atom. The second-order valence-corrected chi connectivity index (χ2v) is 5.99. The third-order valence-electron chi connectivity index (χ3n) is 2.06. The van der Waals surface area contributed by atoms with Crippen LogP contribution in [-0.4, -0.2) is 24.9 Å². The summed E-state index contributed by atoms with van der Waals surface area (Å²) in [5.74, 6) is 0.858. The topological polar surface area (TPSA) is 94.3 Å². The normalized spacial score (nSPS) is 11.4. The second-order valence-electron chi connectivity index (χ2n) is 3.28. The molecule has 2 heterocycles. The van der Waals surface area contributed by atoms with Crippen LogP contribution in [0, 0.1) is 0 Å². The van der Waals surface area contributed by atoms with E-state index in [9.17, 15) is 8.42 Å². The van der Waals surface area contributed by atoms with E-state index in [-0.39, 0.29) is 16.1 Å². The minimum atomic E-state index is -3.73. The van der Waals surface area contributed by atoms with Gasteiger partial charge in [0.15, 0.2) is 4.21 Å². The van der Waals surface area contributed by atoms with Gasteiger partial charge in [-0.3, -0.25) is 0 Å². The van der Waals surface area contributed by atoms with Crippen LogP contribution in [0.2, 0.25) is 0 Å². The van der Waals surface area contributed by atoms with Crippen LogP contribution in [-0.2, 0) is 16.4 Å². The summed E-state index contributed by atoms with van der Waals surface area (Å²) in [6.45, 7) is 1.88. The lowest BCUT2D eigenvalue weighted by Gasteiger charge is -1.99. The van der Waals surface area contributed by atoms with Gasteiger partial charge in [0.2, 0.25) is 5.88 Å². The predicted octanol–water partition coefficient (Wildman–Crippen LogP) is 1.50.